The third-order valence-corrected chi connectivity index (χ3v) is 3.99. The lowest BCUT2D eigenvalue weighted by Gasteiger charge is -2.19. The predicted octanol–water partition coefficient (Wildman–Crippen LogP) is 3.89. The van der Waals surface area contributed by atoms with E-state index in [2.05, 4.69) is 39.4 Å². The molecule has 1 heterocycles. The van der Waals surface area contributed by atoms with Gasteiger partial charge in [-0.25, -0.2) is 0 Å². The normalized spacial score (nSPS) is 12.2. The van der Waals surface area contributed by atoms with Gasteiger partial charge in [0, 0.05) is 13.6 Å². The van der Waals surface area contributed by atoms with Crippen LogP contribution in [-0.4, -0.2) is 25.7 Å². The number of guanidine groups is 1. The van der Waals surface area contributed by atoms with Crippen molar-refractivity contribution in [2.45, 2.75) is 26.0 Å². The Morgan fingerprint density at radius 2 is 2.00 bits per heavy atom. The van der Waals surface area contributed by atoms with Gasteiger partial charge in [-0.05, 0) is 40.9 Å². The fourth-order valence-corrected chi connectivity index (χ4v) is 2.64. The Morgan fingerprint density at radius 3 is 2.61 bits per heavy atom. The van der Waals surface area contributed by atoms with Crippen molar-refractivity contribution in [2.75, 3.05) is 13.6 Å². The molecule has 1 aromatic heterocycles. The first-order valence-corrected chi connectivity index (χ1v) is 8.43. The Kier molecular flexibility index (Phi) is 9.70. The van der Waals surface area contributed by atoms with Crippen LogP contribution in [0.2, 0.25) is 0 Å². The number of benzene rings is 1. The number of hydrogen-bond acceptors (Lipinski definition) is 3. The SMILES string of the molecule is CCC(CNC(=NC)NCc1ccsc1)Oc1ccccc1.I. The summed E-state index contributed by atoms with van der Waals surface area (Å²) in [6, 6.07) is 12.0. The van der Waals surface area contributed by atoms with Crippen molar-refractivity contribution in [1.29, 1.82) is 0 Å². The Morgan fingerprint density at radius 1 is 1.22 bits per heavy atom. The zero-order chi connectivity index (χ0) is 15.6. The van der Waals surface area contributed by atoms with Crippen LogP contribution < -0.4 is 15.4 Å². The van der Waals surface area contributed by atoms with Crippen molar-refractivity contribution in [3.63, 3.8) is 0 Å². The smallest absolute Gasteiger partial charge is 0.191 e. The van der Waals surface area contributed by atoms with E-state index in [0.717, 1.165) is 24.7 Å². The van der Waals surface area contributed by atoms with E-state index < -0.39 is 0 Å². The molecule has 0 fully saturated rings. The van der Waals surface area contributed by atoms with E-state index in [1.807, 2.05) is 30.3 Å². The van der Waals surface area contributed by atoms with E-state index >= 15 is 0 Å². The van der Waals surface area contributed by atoms with Gasteiger partial charge in [0.15, 0.2) is 5.96 Å². The van der Waals surface area contributed by atoms with Gasteiger partial charge in [0.2, 0.25) is 0 Å². The summed E-state index contributed by atoms with van der Waals surface area (Å²) in [6.45, 7) is 3.62. The van der Waals surface area contributed by atoms with Crippen LogP contribution in [0, 0.1) is 0 Å². The molecule has 2 N–H and O–H groups in total. The van der Waals surface area contributed by atoms with Crippen LogP contribution in [0.25, 0.3) is 0 Å². The molecule has 2 aromatic rings. The summed E-state index contributed by atoms with van der Waals surface area (Å²) in [5.41, 5.74) is 1.26. The summed E-state index contributed by atoms with van der Waals surface area (Å²) in [7, 11) is 1.78. The maximum absolute atomic E-state index is 5.97. The number of nitrogens with zero attached hydrogens (tertiary/aromatic N) is 1. The Balaban J connectivity index is 0.00000264. The zero-order valence-corrected chi connectivity index (χ0v) is 16.6. The molecule has 0 aliphatic heterocycles. The molecule has 0 aliphatic carbocycles. The maximum Gasteiger partial charge on any atom is 0.191 e. The lowest BCUT2D eigenvalue weighted by Crippen LogP contribution is -2.42. The Labute approximate surface area is 159 Å². The van der Waals surface area contributed by atoms with Crippen molar-refractivity contribution < 1.29 is 4.74 Å². The first-order chi connectivity index (χ1) is 10.8. The molecule has 0 radical (unpaired) electrons. The van der Waals surface area contributed by atoms with Crippen LogP contribution in [0.5, 0.6) is 5.75 Å². The highest BCUT2D eigenvalue weighted by atomic mass is 127. The van der Waals surface area contributed by atoms with Crippen LogP contribution in [0.1, 0.15) is 18.9 Å². The third-order valence-electron chi connectivity index (χ3n) is 3.26. The first kappa shape index (κ1) is 19.8. The second-order valence-corrected chi connectivity index (χ2v) is 5.68. The molecule has 0 saturated heterocycles. The van der Waals surface area contributed by atoms with Crippen LogP contribution in [-0.2, 0) is 6.54 Å². The van der Waals surface area contributed by atoms with Crippen molar-refractivity contribution >= 4 is 41.3 Å². The number of para-hydroxylation sites is 1. The van der Waals surface area contributed by atoms with Gasteiger partial charge >= 0.3 is 0 Å². The summed E-state index contributed by atoms with van der Waals surface area (Å²) in [5, 5.41) is 10.8. The topological polar surface area (TPSA) is 45.7 Å². The molecule has 23 heavy (non-hydrogen) atoms. The molecular weight excluding hydrogens is 421 g/mol. The molecule has 0 aliphatic rings. The summed E-state index contributed by atoms with van der Waals surface area (Å²) >= 11 is 1.70. The lowest BCUT2D eigenvalue weighted by molar-refractivity contribution is 0.199. The highest BCUT2D eigenvalue weighted by Crippen LogP contribution is 2.12. The molecule has 0 bridgehead atoms. The standard InChI is InChI=1S/C17H23N3OS.HI/c1-3-15(21-16-7-5-4-6-8-16)12-20-17(18-2)19-11-14-9-10-22-13-14;/h4-10,13,15H,3,11-12H2,1-2H3,(H2,18,19,20);1H. The molecule has 0 spiro atoms. The third kappa shape index (κ3) is 7.22. The number of hydrogen-bond donors (Lipinski definition) is 2. The summed E-state index contributed by atoms with van der Waals surface area (Å²) in [4.78, 5) is 4.24. The van der Waals surface area contributed by atoms with Crippen molar-refractivity contribution in [1.82, 2.24) is 10.6 Å². The van der Waals surface area contributed by atoms with Gasteiger partial charge < -0.3 is 15.4 Å². The maximum atomic E-state index is 5.97. The summed E-state index contributed by atoms with van der Waals surface area (Å²) < 4.78 is 5.97. The van der Waals surface area contributed by atoms with Gasteiger partial charge in [0.1, 0.15) is 11.9 Å². The van der Waals surface area contributed by atoms with E-state index in [4.69, 9.17) is 4.74 Å². The molecule has 2 rings (SSSR count). The van der Waals surface area contributed by atoms with Gasteiger partial charge in [0.25, 0.3) is 0 Å². The Hall–Kier alpha value is -1.28. The minimum atomic E-state index is 0. The fourth-order valence-electron chi connectivity index (χ4n) is 1.97. The summed E-state index contributed by atoms with van der Waals surface area (Å²) in [5.74, 6) is 1.69. The van der Waals surface area contributed by atoms with Gasteiger partial charge in [-0.1, -0.05) is 25.1 Å². The van der Waals surface area contributed by atoms with E-state index in [1.54, 1.807) is 18.4 Å². The second kappa shape index (κ2) is 11.3. The largest absolute Gasteiger partial charge is 0.489 e. The van der Waals surface area contributed by atoms with Crippen molar-refractivity contribution in [2.24, 2.45) is 4.99 Å². The van der Waals surface area contributed by atoms with Gasteiger partial charge in [0.05, 0.1) is 6.54 Å². The molecule has 0 saturated carbocycles. The zero-order valence-electron chi connectivity index (χ0n) is 13.5. The van der Waals surface area contributed by atoms with Crippen LogP contribution in [0.3, 0.4) is 0 Å². The number of thiophene rings is 1. The molecule has 1 atom stereocenters. The number of ether oxygens (including phenoxy) is 1. The predicted molar refractivity (Wildman–Crippen MR) is 109 cm³/mol. The number of rotatable bonds is 7. The van der Waals surface area contributed by atoms with Crippen molar-refractivity contribution in [3.05, 3.63) is 52.7 Å². The summed E-state index contributed by atoms with van der Waals surface area (Å²) in [6.07, 6.45) is 1.05. The molecule has 4 nitrogen and oxygen atoms in total. The fraction of sp³-hybridized carbons (Fsp3) is 0.353. The second-order valence-electron chi connectivity index (χ2n) is 4.90. The van der Waals surface area contributed by atoms with Gasteiger partial charge in [-0.2, -0.15) is 11.3 Å². The van der Waals surface area contributed by atoms with Crippen LogP contribution in [0.15, 0.2) is 52.2 Å². The first-order valence-electron chi connectivity index (χ1n) is 7.49. The van der Waals surface area contributed by atoms with E-state index in [-0.39, 0.29) is 30.1 Å². The van der Waals surface area contributed by atoms with Crippen molar-refractivity contribution in [3.8, 4) is 5.75 Å². The van der Waals surface area contributed by atoms with E-state index in [9.17, 15) is 0 Å². The average Bonchev–Trinajstić information content (AvgIpc) is 3.08. The number of aliphatic imine (C=N–C) groups is 1. The monoisotopic (exact) mass is 445 g/mol. The quantitative estimate of drug-likeness (QED) is 0.386. The average molecular weight is 445 g/mol. The van der Waals surface area contributed by atoms with Gasteiger partial charge in [-0.15, -0.1) is 24.0 Å². The van der Waals surface area contributed by atoms with Crippen LogP contribution >= 0.6 is 35.3 Å². The molecule has 1 unspecified atom stereocenters. The van der Waals surface area contributed by atoms with Gasteiger partial charge in [-0.3, -0.25) is 4.99 Å². The molecule has 0 amide bonds. The molecule has 1 aromatic carbocycles. The highest BCUT2D eigenvalue weighted by Gasteiger charge is 2.09. The minimum absolute atomic E-state index is 0. The lowest BCUT2D eigenvalue weighted by atomic mass is 10.2. The minimum Gasteiger partial charge on any atom is -0.489 e. The molecular formula is C17H24IN3OS. The van der Waals surface area contributed by atoms with E-state index in [1.165, 1.54) is 5.56 Å². The number of halogens is 1. The van der Waals surface area contributed by atoms with Crippen LogP contribution in [0.4, 0.5) is 0 Å². The van der Waals surface area contributed by atoms with E-state index in [0.29, 0.717) is 6.54 Å². The highest BCUT2D eigenvalue weighted by molar-refractivity contribution is 14.0. The number of nitrogens with one attached hydrogen (secondary N) is 2. The molecule has 126 valence electrons. The molecule has 6 heteroatoms. The Bertz CT molecular complexity index is 560.